The SMILES string of the molecule is CC/C=C\C/C=C\C/C=C\C/C=C\CCC(=O)OC(COCCCCCC/C=C\C/C=C\C/C=C\CC)COC(=O)CCCCCCCCCCCCCCCCC. The number of hydrogen-bond acceptors (Lipinski definition) is 5. The highest BCUT2D eigenvalue weighted by Gasteiger charge is 2.17. The Balaban J connectivity index is 4.38. The Bertz CT molecular complexity index is 1090. The van der Waals surface area contributed by atoms with Crippen LogP contribution in [0.15, 0.2) is 85.1 Å². The lowest BCUT2D eigenvalue weighted by atomic mass is 10.0. The number of ether oxygens (including phenoxy) is 3. The van der Waals surface area contributed by atoms with Crippen LogP contribution in [0.3, 0.4) is 0 Å². The smallest absolute Gasteiger partial charge is 0.306 e. The van der Waals surface area contributed by atoms with Crippen LogP contribution in [0.5, 0.6) is 0 Å². The topological polar surface area (TPSA) is 61.8 Å². The van der Waals surface area contributed by atoms with Gasteiger partial charge in [0.15, 0.2) is 6.10 Å². The van der Waals surface area contributed by atoms with Gasteiger partial charge in [0.25, 0.3) is 0 Å². The van der Waals surface area contributed by atoms with Crippen LogP contribution in [0.25, 0.3) is 0 Å². The first-order valence-corrected chi connectivity index (χ1v) is 24.1. The van der Waals surface area contributed by atoms with Gasteiger partial charge in [0, 0.05) is 19.4 Å². The molecule has 0 spiro atoms. The van der Waals surface area contributed by atoms with Crippen molar-refractivity contribution >= 4 is 11.9 Å². The van der Waals surface area contributed by atoms with Crippen molar-refractivity contribution in [2.45, 2.75) is 219 Å². The fourth-order valence-corrected chi connectivity index (χ4v) is 6.42. The highest BCUT2D eigenvalue weighted by Crippen LogP contribution is 2.14. The Labute approximate surface area is 359 Å². The van der Waals surface area contributed by atoms with Gasteiger partial charge < -0.3 is 14.2 Å². The van der Waals surface area contributed by atoms with Crippen LogP contribution in [0, 0.1) is 0 Å². The van der Waals surface area contributed by atoms with Gasteiger partial charge in [0.1, 0.15) is 6.61 Å². The number of esters is 2. The van der Waals surface area contributed by atoms with E-state index in [9.17, 15) is 9.59 Å². The van der Waals surface area contributed by atoms with Crippen LogP contribution in [0.1, 0.15) is 213 Å². The minimum Gasteiger partial charge on any atom is -0.462 e. The van der Waals surface area contributed by atoms with Crippen LogP contribution in [0.2, 0.25) is 0 Å². The number of rotatable bonds is 43. The van der Waals surface area contributed by atoms with Crippen LogP contribution in [0.4, 0.5) is 0 Å². The second-order valence-corrected chi connectivity index (χ2v) is 15.6. The van der Waals surface area contributed by atoms with E-state index in [1.807, 2.05) is 6.08 Å². The second kappa shape index (κ2) is 48.4. The summed E-state index contributed by atoms with van der Waals surface area (Å²) in [7, 11) is 0. The molecule has 1 unspecified atom stereocenters. The van der Waals surface area contributed by atoms with E-state index in [0.717, 1.165) is 83.5 Å². The molecule has 0 heterocycles. The third-order valence-electron chi connectivity index (χ3n) is 9.94. The maximum absolute atomic E-state index is 12.7. The van der Waals surface area contributed by atoms with E-state index in [1.165, 1.54) is 89.9 Å². The lowest BCUT2D eigenvalue weighted by Crippen LogP contribution is -2.30. The fraction of sp³-hybridized carbons (Fsp3) is 0.698. The maximum Gasteiger partial charge on any atom is 0.306 e. The molecule has 1 atom stereocenters. The Morgan fingerprint density at radius 3 is 1.31 bits per heavy atom. The average Bonchev–Trinajstić information content (AvgIpc) is 3.22. The molecular weight excluding hydrogens is 717 g/mol. The largest absolute Gasteiger partial charge is 0.462 e. The monoisotopic (exact) mass is 807 g/mol. The summed E-state index contributed by atoms with van der Waals surface area (Å²) in [6.07, 6.45) is 63.2. The molecule has 0 rings (SSSR count). The highest BCUT2D eigenvalue weighted by atomic mass is 16.6. The summed E-state index contributed by atoms with van der Waals surface area (Å²) in [6.45, 7) is 7.47. The maximum atomic E-state index is 12.7. The summed E-state index contributed by atoms with van der Waals surface area (Å²) in [5.74, 6) is -0.504. The molecule has 0 aromatic carbocycles. The molecular formula is C53H90O5. The van der Waals surface area contributed by atoms with Crippen molar-refractivity contribution in [2.75, 3.05) is 19.8 Å². The highest BCUT2D eigenvalue weighted by molar-refractivity contribution is 5.70. The van der Waals surface area contributed by atoms with Crippen LogP contribution >= 0.6 is 0 Å². The first-order valence-electron chi connectivity index (χ1n) is 24.1. The first kappa shape index (κ1) is 55.1. The van der Waals surface area contributed by atoms with E-state index in [-0.39, 0.29) is 25.2 Å². The van der Waals surface area contributed by atoms with E-state index in [2.05, 4.69) is 99.8 Å². The Hall–Kier alpha value is -2.92. The van der Waals surface area contributed by atoms with Crippen LogP contribution < -0.4 is 0 Å². The summed E-state index contributed by atoms with van der Waals surface area (Å²) in [5.41, 5.74) is 0. The fourth-order valence-electron chi connectivity index (χ4n) is 6.42. The van der Waals surface area contributed by atoms with Crippen molar-refractivity contribution in [3.05, 3.63) is 85.1 Å². The molecule has 0 aliphatic rings. The molecule has 332 valence electrons. The molecule has 5 nitrogen and oxygen atoms in total. The molecule has 0 radical (unpaired) electrons. The van der Waals surface area contributed by atoms with Crippen molar-refractivity contribution in [3.63, 3.8) is 0 Å². The summed E-state index contributed by atoms with van der Waals surface area (Å²) in [4.78, 5) is 25.3. The Kier molecular flexibility index (Phi) is 46.0. The molecule has 0 aromatic heterocycles. The number of allylic oxidation sites excluding steroid dienone is 14. The number of hydrogen-bond donors (Lipinski definition) is 0. The number of carbonyl (C=O) groups excluding carboxylic acids is 2. The Morgan fingerprint density at radius 1 is 0.397 bits per heavy atom. The van der Waals surface area contributed by atoms with Gasteiger partial charge in [-0.2, -0.15) is 0 Å². The van der Waals surface area contributed by atoms with Crippen molar-refractivity contribution < 1.29 is 23.8 Å². The molecule has 0 aliphatic carbocycles. The van der Waals surface area contributed by atoms with Gasteiger partial charge in [0.2, 0.25) is 0 Å². The summed E-state index contributed by atoms with van der Waals surface area (Å²) >= 11 is 0. The van der Waals surface area contributed by atoms with Crippen molar-refractivity contribution in [2.24, 2.45) is 0 Å². The summed E-state index contributed by atoms with van der Waals surface area (Å²) in [5, 5.41) is 0. The van der Waals surface area contributed by atoms with E-state index >= 15 is 0 Å². The van der Waals surface area contributed by atoms with Gasteiger partial charge in [-0.25, -0.2) is 0 Å². The molecule has 0 saturated carbocycles. The van der Waals surface area contributed by atoms with Crippen LogP contribution in [-0.4, -0.2) is 37.9 Å². The summed E-state index contributed by atoms with van der Waals surface area (Å²) < 4.78 is 17.3. The number of unbranched alkanes of at least 4 members (excludes halogenated alkanes) is 18. The van der Waals surface area contributed by atoms with Gasteiger partial charge in [0.05, 0.1) is 6.61 Å². The molecule has 0 saturated heterocycles. The lowest BCUT2D eigenvalue weighted by Gasteiger charge is -2.18. The second-order valence-electron chi connectivity index (χ2n) is 15.6. The molecule has 0 N–H and O–H groups in total. The summed E-state index contributed by atoms with van der Waals surface area (Å²) in [6, 6.07) is 0. The van der Waals surface area contributed by atoms with Gasteiger partial charge in [-0.05, 0) is 77.0 Å². The molecule has 0 aliphatic heterocycles. The standard InChI is InChI=1S/C53H90O5/c1-4-7-10-13-16-19-22-25-27-29-31-34-37-40-43-46-52(54)57-50-51(49-56-48-45-42-39-36-33-30-26-23-20-17-14-11-8-5-2)58-53(55)47-44-41-38-35-32-28-24-21-18-15-12-9-6-3/h8-9,11-12,17-18,20-21,26,28,30,32,38,41,51H,4-7,10,13-16,19,22-25,27,29,31,33-37,39-40,42-50H2,1-3H3/b11-8-,12-9-,20-17-,21-18-,30-26-,32-28-,41-38-. The van der Waals surface area contributed by atoms with Gasteiger partial charge >= 0.3 is 11.9 Å². The van der Waals surface area contributed by atoms with Crippen molar-refractivity contribution in [1.82, 2.24) is 0 Å². The lowest BCUT2D eigenvalue weighted by molar-refractivity contribution is -0.162. The third kappa shape index (κ3) is 45.8. The molecule has 0 fully saturated rings. The number of carbonyl (C=O) groups is 2. The van der Waals surface area contributed by atoms with E-state index in [1.54, 1.807) is 0 Å². The van der Waals surface area contributed by atoms with E-state index in [4.69, 9.17) is 14.2 Å². The molecule has 5 heteroatoms. The van der Waals surface area contributed by atoms with E-state index in [0.29, 0.717) is 25.9 Å². The third-order valence-corrected chi connectivity index (χ3v) is 9.94. The van der Waals surface area contributed by atoms with Gasteiger partial charge in [-0.3, -0.25) is 9.59 Å². The predicted octanol–water partition coefficient (Wildman–Crippen LogP) is 16.1. The zero-order chi connectivity index (χ0) is 42.1. The van der Waals surface area contributed by atoms with Gasteiger partial charge in [-0.15, -0.1) is 0 Å². The first-order chi connectivity index (χ1) is 28.6. The zero-order valence-corrected chi connectivity index (χ0v) is 38.0. The Morgan fingerprint density at radius 2 is 0.810 bits per heavy atom. The minimum atomic E-state index is -0.586. The molecule has 0 amide bonds. The average molecular weight is 807 g/mol. The quantitative estimate of drug-likeness (QED) is 0.0349. The normalized spacial score (nSPS) is 12.9. The molecule has 0 aromatic rings. The zero-order valence-electron chi connectivity index (χ0n) is 38.0. The van der Waals surface area contributed by atoms with Crippen molar-refractivity contribution in [3.8, 4) is 0 Å². The minimum absolute atomic E-state index is 0.0459. The van der Waals surface area contributed by atoms with Gasteiger partial charge in [-0.1, -0.05) is 209 Å². The molecule has 58 heavy (non-hydrogen) atoms. The van der Waals surface area contributed by atoms with Crippen LogP contribution in [-0.2, 0) is 23.8 Å². The van der Waals surface area contributed by atoms with E-state index < -0.39 is 6.10 Å². The predicted molar refractivity (Wildman–Crippen MR) is 251 cm³/mol. The molecule has 0 bridgehead atoms. The van der Waals surface area contributed by atoms with Crippen molar-refractivity contribution in [1.29, 1.82) is 0 Å².